The van der Waals surface area contributed by atoms with E-state index in [1.165, 1.54) is 21.0 Å². The monoisotopic (exact) mass is 446 g/mol. The lowest BCUT2D eigenvalue weighted by Crippen LogP contribution is -2.38. The lowest BCUT2D eigenvalue weighted by molar-refractivity contribution is 0.796. The molecule has 0 bridgehead atoms. The first kappa shape index (κ1) is 22.0. The van der Waals surface area contributed by atoms with E-state index in [4.69, 9.17) is 4.99 Å². The number of imidazole rings is 1. The molecule has 4 aromatic rings. The highest BCUT2D eigenvalue weighted by Crippen LogP contribution is 2.15. The highest BCUT2D eigenvalue weighted by atomic mass is 32.1. The van der Waals surface area contributed by atoms with E-state index in [0.29, 0.717) is 6.54 Å². The van der Waals surface area contributed by atoms with Gasteiger partial charge < -0.3 is 15.2 Å². The number of aromatic nitrogens is 3. The Kier molecular flexibility index (Phi) is 7.51. The molecule has 0 saturated heterocycles. The Hall–Kier alpha value is -3.19. The summed E-state index contributed by atoms with van der Waals surface area (Å²) in [7, 11) is 0. The summed E-state index contributed by atoms with van der Waals surface area (Å²) < 4.78 is 2.18. The summed E-state index contributed by atoms with van der Waals surface area (Å²) in [6, 6.07) is 16.9. The van der Waals surface area contributed by atoms with Crippen molar-refractivity contribution in [2.24, 2.45) is 4.99 Å². The molecule has 2 aromatic carbocycles. The van der Waals surface area contributed by atoms with E-state index in [9.17, 15) is 0 Å². The number of para-hydroxylation sites is 2. The Morgan fingerprint density at radius 2 is 1.81 bits per heavy atom. The third-order valence-electron chi connectivity index (χ3n) is 5.25. The topological polar surface area (TPSA) is 67.1 Å². The molecule has 6 nitrogen and oxygen atoms in total. The number of benzene rings is 2. The van der Waals surface area contributed by atoms with Gasteiger partial charge in [-0.2, -0.15) is 0 Å². The van der Waals surface area contributed by atoms with Crippen molar-refractivity contribution >= 4 is 28.3 Å². The highest BCUT2D eigenvalue weighted by Gasteiger charge is 2.04. The SMILES string of the molecule is CCNC(=NCc1ccc(Cn2cnc3ccccc32)cc1)NCCc1ncc(CC)s1. The van der Waals surface area contributed by atoms with Crippen LogP contribution in [0.3, 0.4) is 0 Å². The maximum Gasteiger partial charge on any atom is 0.191 e. The molecule has 0 aliphatic carbocycles. The summed E-state index contributed by atoms with van der Waals surface area (Å²) in [5.41, 5.74) is 4.63. The lowest BCUT2D eigenvalue weighted by Gasteiger charge is -2.11. The van der Waals surface area contributed by atoms with E-state index < -0.39 is 0 Å². The molecule has 0 amide bonds. The van der Waals surface area contributed by atoms with Crippen molar-refractivity contribution in [3.8, 4) is 0 Å². The number of aryl methyl sites for hydroxylation is 1. The largest absolute Gasteiger partial charge is 0.357 e. The van der Waals surface area contributed by atoms with Gasteiger partial charge in [-0.15, -0.1) is 11.3 Å². The van der Waals surface area contributed by atoms with Crippen molar-refractivity contribution < 1.29 is 0 Å². The van der Waals surface area contributed by atoms with Gasteiger partial charge in [0.2, 0.25) is 0 Å². The van der Waals surface area contributed by atoms with Crippen LogP contribution in [0, 0.1) is 0 Å². The predicted molar refractivity (Wildman–Crippen MR) is 133 cm³/mol. The van der Waals surface area contributed by atoms with Crippen LogP contribution in [0.2, 0.25) is 0 Å². The minimum absolute atomic E-state index is 0.640. The average Bonchev–Trinajstić information content (AvgIpc) is 3.45. The number of thiazole rings is 1. The van der Waals surface area contributed by atoms with Gasteiger partial charge >= 0.3 is 0 Å². The maximum atomic E-state index is 4.74. The second-order valence-electron chi connectivity index (χ2n) is 7.62. The van der Waals surface area contributed by atoms with Crippen molar-refractivity contribution in [2.45, 2.75) is 39.8 Å². The van der Waals surface area contributed by atoms with Crippen LogP contribution < -0.4 is 10.6 Å². The molecule has 32 heavy (non-hydrogen) atoms. The van der Waals surface area contributed by atoms with E-state index in [1.807, 2.05) is 24.7 Å². The van der Waals surface area contributed by atoms with Crippen LogP contribution in [0.15, 0.2) is 66.0 Å². The molecule has 0 fully saturated rings. The van der Waals surface area contributed by atoms with E-state index in [2.05, 4.69) is 75.4 Å². The molecule has 0 atom stereocenters. The summed E-state index contributed by atoms with van der Waals surface area (Å²) in [6.45, 7) is 7.35. The van der Waals surface area contributed by atoms with E-state index >= 15 is 0 Å². The van der Waals surface area contributed by atoms with Crippen molar-refractivity contribution in [3.63, 3.8) is 0 Å². The summed E-state index contributed by atoms with van der Waals surface area (Å²) in [4.78, 5) is 15.0. The Morgan fingerprint density at radius 3 is 2.59 bits per heavy atom. The van der Waals surface area contributed by atoms with Crippen LogP contribution in [-0.2, 0) is 25.9 Å². The molecule has 0 unspecified atom stereocenters. The van der Waals surface area contributed by atoms with Gasteiger partial charge in [-0.3, -0.25) is 0 Å². The standard InChI is InChI=1S/C25H30N6S/c1-3-21-16-28-24(32-21)13-14-27-25(26-4-2)29-15-19-9-11-20(12-10-19)17-31-18-30-22-7-5-6-8-23(22)31/h5-12,16,18H,3-4,13-15,17H2,1-2H3,(H2,26,27,29). The van der Waals surface area contributed by atoms with Gasteiger partial charge in [0.1, 0.15) is 0 Å². The van der Waals surface area contributed by atoms with Crippen LogP contribution in [0.4, 0.5) is 0 Å². The Balaban J connectivity index is 1.32. The number of nitrogens with zero attached hydrogens (tertiary/aromatic N) is 4. The van der Waals surface area contributed by atoms with E-state index in [-0.39, 0.29) is 0 Å². The first-order chi connectivity index (χ1) is 15.7. The zero-order chi connectivity index (χ0) is 22.2. The molecule has 2 aromatic heterocycles. The number of aliphatic imine (C=N–C) groups is 1. The fourth-order valence-corrected chi connectivity index (χ4v) is 4.37. The third-order valence-corrected chi connectivity index (χ3v) is 6.45. The number of rotatable bonds is 9. The van der Waals surface area contributed by atoms with Crippen molar-refractivity contribution in [3.05, 3.63) is 82.1 Å². The van der Waals surface area contributed by atoms with Crippen LogP contribution in [0.25, 0.3) is 11.0 Å². The molecule has 0 aliphatic rings. The van der Waals surface area contributed by atoms with Crippen molar-refractivity contribution in [1.82, 2.24) is 25.2 Å². The number of hydrogen-bond acceptors (Lipinski definition) is 4. The summed E-state index contributed by atoms with van der Waals surface area (Å²) in [6.07, 6.45) is 5.85. The van der Waals surface area contributed by atoms with Crippen LogP contribution >= 0.6 is 11.3 Å². The third kappa shape index (κ3) is 5.73. The summed E-state index contributed by atoms with van der Waals surface area (Å²) in [5, 5.41) is 7.92. The van der Waals surface area contributed by atoms with Gasteiger partial charge in [-0.05, 0) is 36.6 Å². The highest BCUT2D eigenvalue weighted by molar-refractivity contribution is 7.11. The molecule has 7 heteroatoms. The first-order valence-corrected chi connectivity index (χ1v) is 12.0. The molecule has 0 saturated carbocycles. The zero-order valence-corrected chi connectivity index (χ0v) is 19.5. The minimum atomic E-state index is 0.640. The zero-order valence-electron chi connectivity index (χ0n) is 18.7. The van der Waals surface area contributed by atoms with Gasteiger partial charge in [0.25, 0.3) is 0 Å². The van der Waals surface area contributed by atoms with Crippen molar-refractivity contribution in [2.75, 3.05) is 13.1 Å². The predicted octanol–water partition coefficient (Wildman–Crippen LogP) is 4.40. The van der Waals surface area contributed by atoms with Gasteiger partial charge in [0, 0.05) is 37.1 Å². The molecule has 166 valence electrons. The number of fused-ring (bicyclic) bond motifs is 1. The normalized spacial score (nSPS) is 11.8. The molecular weight excluding hydrogens is 416 g/mol. The van der Waals surface area contributed by atoms with Gasteiger partial charge in [0.05, 0.1) is 28.9 Å². The fourth-order valence-electron chi connectivity index (χ4n) is 3.51. The molecule has 2 N–H and O–H groups in total. The molecule has 0 radical (unpaired) electrons. The second-order valence-corrected chi connectivity index (χ2v) is 8.82. The summed E-state index contributed by atoms with van der Waals surface area (Å²) >= 11 is 1.79. The smallest absolute Gasteiger partial charge is 0.191 e. The van der Waals surface area contributed by atoms with Crippen LogP contribution in [-0.4, -0.2) is 33.6 Å². The molecular formula is C25H30N6S. The Labute approximate surface area is 193 Å². The number of hydrogen-bond donors (Lipinski definition) is 2. The average molecular weight is 447 g/mol. The molecule has 2 heterocycles. The van der Waals surface area contributed by atoms with Gasteiger partial charge in [0.15, 0.2) is 5.96 Å². The Bertz CT molecular complexity index is 1160. The van der Waals surface area contributed by atoms with Crippen molar-refractivity contribution in [1.29, 1.82) is 0 Å². The second kappa shape index (κ2) is 10.9. The van der Waals surface area contributed by atoms with E-state index in [0.717, 1.165) is 49.5 Å². The Morgan fingerprint density at radius 1 is 1.00 bits per heavy atom. The maximum absolute atomic E-state index is 4.74. The first-order valence-electron chi connectivity index (χ1n) is 11.2. The molecule has 0 aliphatic heterocycles. The minimum Gasteiger partial charge on any atom is -0.357 e. The molecule has 0 spiro atoms. The fraction of sp³-hybridized carbons (Fsp3) is 0.320. The number of nitrogens with one attached hydrogen (secondary N) is 2. The van der Waals surface area contributed by atoms with Crippen LogP contribution in [0.5, 0.6) is 0 Å². The molecule has 4 rings (SSSR count). The van der Waals surface area contributed by atoms with Gasteiger partial charge in [-0.1, -0.05) is 43.3 Å². The van der Waals surface area contributed by atoms with Gasteiger partial charge in [-0.25, -0.2) is 15.0 Å². The lowest BCUT2D eigenvalue weighted by atomic mass is 10.1. The number of guanidine groups is 1. The quantitative estimate of drug-likeness (QED) is 0.295. The summed E-state index contributed by atoms with van der Waals surface area (Å²) in [5.74, 6) is 0.841. The van der Waals surface area contributed by atoms with Crippen LogP contribution in [0.1, 0.15) is 34.9 Å². The van der Waals surface area contributed by atoms with E-state index in [1.54, 1.807) is 11.3 Å².